The molecule has 2 aromatic rings. The van der Waals surface area contributed by atoms with Crippen LogP contribution in [-0.4, -0.2) is 46.7 Å². The van der Waals surface area contributed by atoms with Gasteiger partial charge in [0.2, 0.25) is 0 Å². The normalized spacial score (nSPS) is 14.9. The molecule has 3 rings (SSSR count). The van der Waals surface area contributed by atoms with Gasteiger partial charge in [-0.05, 0) is 60.6 Å². The highest BCUT2D eigenvalue weighted by Gasteiger charge is 2.43. The third kappa shape index (κ3) is 6.75. The van der Waals surface area contributed by atoms with Crippen molar-refractivity contribution in [2.24, 2.45) is 0 Å². The predicted molar refractivity (Wildman–Crippen MR) is 129 cm³/mol. The number of hydrogen-bond acceptors (Lipinski definition) is 4. The van der Waals surface area contributed by atoms with E-state index in [0.29, 0.717) is 18.7 Å². The number of carboxylic acid groups (broad SMARTS) is 1. The Balaban J connectivity index is 0.00000121. The highest BCUT2D eigenvalue weighted by molar-refractivity contribution is 7.80. The van der Waals surface area contributed by atoms with Crippen LogP contribution in [-0.2, 0) is 16.0 Å². The van der Waals surface area contributed by atoms with Gasteiger partial charge in [-0.3, -0.25) is 14.5 Å². The second-order valence-electron chi connectivity index (χ2n) is 6.34. The number of hydrogen-bond donors (Lipinski definition) is 1. The number of nitrogens with zero attached hydrogens (tertiary/aromatic N) is 2. The van der Waals surface area contributed by atoms with Crippen LogP contribution in [0.4, 0.5) is 10.1 Å². The summed E-state index contributed by atoms with van der Waals surface area (Å²) in [5.41, 5.74) is 1.42. The van der Waals surface area contributed by atoms with Crippen LogP contribution in [0.25, 0.3) is 0 Å². The largest absolute Gasteiger partial charge is 0.497 e. The van der Waals surface area contributed by atoms with Gasteiger partial charge in [-0.25, -0.2) is 4.39 Å². The Morgan fingerprint density at radius 3 is 2.12 bits per heavy atom. The molecule has 174 valence electrons. The van der Waals surface area contributed by atoms with Gasteiger partial charge in [0.15, 0.2) is 5.11 Å². The number of carbonyl (C=O) groups is 2. The number of ether oxygens (including phenoxy) is 1. The first kappa shape index (κ1) is 27.0. The van der Waals surface area contributed by atoms with E-state index in [0.717, 1.165) is 11.3 Å². The van der Waals surface area contributed by atoms with Gasteiger partial charge in [0.25, 0.3) is 5.91 Å². The van der Waals surface area contributed by atoms with Crippen molar-refractivity contribution in [3.63, 3.8) is 0 Å². The van der Waals surface area contributed by atoms with Crippen molar-refractivity contribution in [2.45, 2.75) is 46.6 Å². The van der Waals surface area contributed by atoms with E-state index in [9.17, 15) is 19.1 Å². The summed E-state index contributed by atoms with van der Waals surface area (Å²) < 4.78 is 18.4. The zero-order chi connectivity index (χ0) is 24.3. The fourth-order valence-corrected chi connectivity index (χ4v) is 3.54. The van der Waals surface area contributed by atoms with Crippen molar-refractivity contribution in [1.82, 2.24) is 4.90 Å². The van der Waals surface area contributed by atoms with Crippen LogP contribution < -0.4 is 9.64 Å². The van der Waals surface area contributed by atoms with Gasteiger partial charge in [-0.2, -0.15) is 0 Å². The number of thiocarbonyl (C=S) groups is 1. The second kappa shape index (κ2) is 13.4. The maximum absolute atomic E-state index is 13.2. The van der Waals surface area contributed by atoms with Crippen molar-refractivity contribution in [1.29, 1.82) is 0 Å². The molecule has 1 unspecified atom stereocenters. The standard InChI is InChI=1S/C20H19FN2O4S.2C2H6/c1-27-16-8-2-13(3-9-16)10-11-22-17(12-18(24)25)19(26)23(20(22)28)15-6-4-14(21)5-7-15;2*1-2/h2-9,17H,10-12H2,1H3,(H,24,25);2*1-2H3. The van der Waals surface area contributed by atoms with E-state index >= 15 is 0 Å². The molecular formula is C24H31FN2O4S. The molecule has 1 heterocycles. The first-order chi connectivity index (χ1) is 15.4. The van der Waals surface area contributed by atoms with Crippen molar-refractivity contribution < 1.29 is 23.8 Å². The Morgan fingerprint density at radius 1 is 1.06 bits per heavy atom. The van der Waals surface area contributed by atoms with Crippen LogP contribution in [0.1, 0.15) is 39.7 Å². The summed E-state index contributed by atoms with van der Waals surface area (Å²) in [7, 11) is 1.59. The summed E-state index contributed by atoms with van der Waals surface area (Å²) >= 11 is 5.46. The molecule has 0 radical (unpaired) electrons. The Bertz CT molecular complexity index is 888. The second-order valence-corrected chi connectivity index (χ2v) is 6.70. The zero-order valence-electron chi connectivity index (χ0n) is 19.2. The molecule has 8 heteroatoms. The minimum Gasteiger partial charge on any atom is -0.497 e. The average Bonchev–Trinajstić information content (AvgIpc) is 3.04. The van der Waals surface area contributed by atoms with E-state index in [2.05, 4.69) is 0 Å². The molecule has 32 heavy (non-hydrogen) atoms. The Morgan fingerprint density at radius 2 is 1.62 bits per heavy atom. The minimum atomic E-state index is -1.09. The smallest absolute Gasteiger partial charge is 0.305 e. The predicted octanol–water partition coefficient (Wildman–Crippen LogP) is 4.91. The Kier molecular flexibility index (Phi) is 11.3. The molecule has 1 atom stereocenters. The Labute approximate surface area is 194 Å². The minimum absolute atomic E-state index is 0.219. The molecule has 0 saturated carbocycles. The highest BCUT2D eigenvalue weighted by Crippen LogP contribution is 2.27. The average molecular weight is 463 g/mol. The lowest BCUT2D eigenvalue weighted by molar-refractivity contribution is -0.139. The van der Waals surface area contributed by atoms with Crippen LogP contribution >= 0.6 is 12.2 Å². The maximum Gasteiger partial charge on any atom is 0.305 e. The zero-order valence-corrected chi connectivity index (χ0v) is 20.0. The van der Waals surface area contributed by atoms with Gasteiger partial charge in [0.05, 0.1) is 19.2 Å². The van der Waals surface area contributed by atoms with Crippen molar-refractivity contribution >= 4 is 34.9 Å². The van der Waals surface area contributed by atoms with Gasteiger partial charge < -0.3 is 14.7 Å². The maximum atomic E-state index is 13.2. The number of anilines is 1. The summed E-state index contributed by atoms with van der Waals surface area (Å²) in [4.78, 5) is 27.0. The summed E-state index contributed by atoms with van der Waals surface area (Å²) in [6.07, 6.45) is 0.212. The SMILES string of the molecule is CC.CC.COc1ccc(CCN2C(=S)N(c3ccc(F)cc3)C(=O)C2CC(=O)O)cc1. The van der Waals surface area contributed by atoms with Gasteiger partial charge in [-0.15, -0.1) is 0 Å². The lowest BCUT2D eigenvalue weighted by Crippen LogP contribution is -2.38. The van der Waals surface area contributed by atoms with Crippen LogP contribution in [0, 0.1) is 5.82 Å². The van der Waals surface area contributed by atoms with E-state index in [1.807, 2.05) is 52.0 Å². The molecular weight excluding hydrogens is 431 g/mol. The Hall–Kier alpha value is -3.00. The first-order valence-electron chi connectivity index (χ1n) is 10.7. The summed E-state index contributed by atoms with van der Waals surface area (Å²) in [5, 5.41) is 9.45. The van der Waals surface area contributed by atoms with Gasteiger partial charge in [0.1, 0.15) is 17.6 Å². The molecule has 1 saturated heterocycles. The lowest BCUT2D eigenvalue weighted by Gasteiger charge is -2.23. The number of aliphatic carboxylic acids is 1. The van der Waals surface area contributed by atoms with E-state index in [4.69, 9.17) is 17.0 Å². The van der Waals surface area contributed by atoms with Crippen LogP contribution in [0.2, 0.25) is 0 Å². The molecule has 0 aliphatic carbocycles. The number of rotatable bonds is 7. The molecule has 1 aliphatic heterocycles. The first-order valence-corrected chi connectivity index (χ1v) is 11.1. The number of methoxy groups -OCH3 is 1. The molecule has 1 N–H and O–H groups in total. The van der Waals surface area contributed by atoms with Crippen molar-refractivity contribution in [3.05, 3.63) is 59.9 Å². The summed E-state index contributed by atoms with van der Waals surface area (Å²) in [5.74, 6) is -1.20. The van der Waals surface area contributed by atoms with E-state index < -0.39 is 23.7 Å². The molecule has 6 nitrogen and oxygen atoms in total. The van der Waals surface area contributed by atoms with Crippen molar-refractivity contribution in [3.8, 4) is 5.75 Å². The molecule has 1 amide bonds. The number of halogens is 1. The third-order valence-electron chi connectivity index (χ3n) is 4.57. The quantitative estimate of drug-likeness (QED) is 0.590. The number of amides is 1. The van der Waals surface area contributed by atoms with E-state index in [-0.39, 0.29) is 11.5 Å². The fourth-order valence-electron chi connectivity index (χ4n) is 3.12. The van der Waals surface area contributed by atoms with E-state index in [1.54, 1.807) is 12.0 Å². The highest BCUT2D eigenvalue weighted by atomic mass is 32.1. The fraction of sp³-hybridized carbons (Fsp3) is 0.375. The number of carboxylic acids is 1. The molecule has 2 aromatic carbocycles. The van der Waals surface area contributed by atoms with Gasteiger partial charge in [0, 0.05) is 6.54 Å². The summed E-state index contributed by atoms with van der Waals surface area (Å²) in [6, 6.07) is 12.0. The molecule has 1 aliphatic rings. The third-order valence-corrected chi connectivity index (χ3v) is 4.99. The molecule has 0 spiro atoms. The topological polar surface area (TPSA) is 70.1 Å². The van der Waals surface area contributed by atoms with Crippen LogP contribution in [0.5, 0.6) is 5.75 Å². The molecule has 0 aromatic heterocycles. The van der Waals surface area contributed by atoms with Crippen molar-refractivity contribution in [2.75, 3.05) is 18.6 Å². The van der Waals surface area contributed by atoms with Crippen LogP contribution in [0.15, 0.2) is 48.5 Å². The summed E-state index contributed by atoms with van der Waals surface area (Å²) in [6.45, 7) is 8.38. The number of carbonyl (C=O) groups excluding carboxylic acids is 1. The monoisotopic (exact) mass is 462 g/mol. The van der Waals surface area contributed by atoms with Gasteiger partial charge >= 0.3 is 5.97 Å². The van der Waals surface area contributed by atoms with E-state index in [1.165, 1.54) is 29.2 Å². The molecule has 1 fully saturated rings. The van der Waals surface area contributed by atoms with Gasteiger partial charge in [-0.1, -0.05) is 39.8 Å². The van der Waals surface area contributed by atoms with Crippen LogP contribution in [0.3, 0.4) is 0 Å². The number of benzene rings is 2. The lowest BCUT2D eigenvalue weighted by atomic mass is 10.1. The molecule has 0 bridgehead atoms.